The molecule has 0 aliphatic carbocycles. The minimum absolute atomic E-state index is 0.259. The van der Waals surface area contributed by atoms with Crippen LogP contribution in [0.1, 0.15) is 25.6 Å². The third-order valence-electron chi connectivity index (χ3n) is 5.27. The van der Waals surface area contributed by atoms with Crippen molar-refractivity contribution in [3.8, 4) is 22.1 Å². The molecule has 2 aromatic heterocycles. The van der Waals surface area contributed by atoms with Gasteiger partial charge < -0.3 is 20.3 Å². The Kier molecular flexibility index (Phi) is 5.69. The zero-order chi connectivity index (χ0) is 23.7. The minimum Gasteiger partial charge on any atom is -0.454 e. The van der Waals surface area contributed by atoms with E-state index in [2.05, 4.69) is 20.6 Å². The van der Waals surface area contributed by atoms with Crippen LogP contribution in [0.15, 0.2) is 67.0 Å². The number of para-hydroxylation sites is 1. The maximum Gasteiger partial charge on any atom is 0.259 e. The molecule has 0 spiro atoms. The van der Waals surface area contributed by atoms with Crippen molar-refractivity contribution in [2.75, 3.05) is 24.3 Å². The summed E-state index contributed by atoms with van der Waals surface area (Å²) in [6.45, 7) is 0.338. The van der Waals surface area contributed by atoms with Crippen LogP contribution in [0.4, 0.5) is 11.5 Å². The lowest BCUT2D eigenvalue weighted by Crippen LogP contribution is -2.22. The van der Waals surface area contributed by atoms with Crippen LogP contribution in [0.2, 0.25) is 0 Å². The molecule has 0 fully saturated rings. The highest BCUT2D eigenvalue weighted by Crippen LogP contribution is 2.36. The van der Waals surface area contributed by atoms with Crippen LogP contribution in [0.3, 0.4) is 0 Å². The second-order valence-corrected chi connectivity index (χ2v) is 8.99. The van der Waals surface area contributed by atoms with Crippen molar-refractivity contribution in [1.82, 2.24) is 15.3 Å². The van der Waals surface area contributed by atoms with Gasteiger partial charge in [-0.05, 0) is 42.5 Å². The number of thiazole rings is 1. The van der Waals surface area contributed by atoms with Crippen molar-refractivity contribution < 1.29 is 14.3 Å². The normalized spacial score (nSPS) is 12.0. The summed E-state index contributed by atoms with van der Waals surface area (Å²) in [6, 6.07) is 15.9. The lowest BCUT2D eigenvalue weighted by atomic mass is 10.1. The molecule has 5 rings (SSSR count). The molecule has 0 bridgehead atoms. The summed E-state index contributed by atoms with van der Waals surface area (Å²) >= 11 is 1.50. The maximum atomic E-state index is 12.8. The fraction of sp³-hybridized carbons (Fsp3) is 0.120. The Balaban J connectivity index is 1.26. The number of nitrogens with one attached hydrogen (secondary N) is 2. The van der Waals surface area contributed by atoms with E-state index in [1.165, 1.54) is 11.3 Å². The summed E-state index contributed by atoms with van der Waals surface area (Å²) in [7, 11) is 3.88. The first-order chi connectivity index (χ1) is 16.5. The molecule has 0 unspecified atom stereocenters. The molecule has 9 heteroatoms. The van der Waals surface area contributed by atoms with Gasteiger partial charge in [-0.25, -0.2) is 9.97 Å². The average Bonchev–Trinajstić information content (AvgIpc) is 3.27. The number of benzene rings is 2. The van der Waals surface area contributed by atoms with Gasteiger partial charge in [0.25, 0.3) is 11.8 Å². The molecule has 1 aliphatic heterocycles. The van der Waals surface area contributed by atoms with E-state index in [0.29, 0.717) is 34.9 Å². The van der Waals surface area contributed by atoms with Crippen molar-refractivity contribution >= 4 is 34.7 Å². The molecule has 0 radical (unpaired) electrons. The first kappa shape index (κ1) is 21.6. The highest BCUT2D eigenvalue weighted by molar-refractivity contribution is 7.15. The second-order valence-electron chi connectivity index (χ2n) is 7.88. The molecule has 4 aromatic rings. The van der Waals surface area contributed by atoms with Crippen molar-refractivity contribution in [2.45, 2.75) is 6.54 Å². The number of hydrogen-bond donors (Lipinski definition) is 2. The van der Waals surface area contributed by atoms with E-state index in [1.807, 2.05) is 31.1 Å². The van der Waals surface area contributed by atoms with Crippen LogP contribution < -0.4 is 20.3 Å². The van der Waals surface area contributed by atoms with Crippen LogP contribution in [-0.2, 0) is 6.54 Å². The Morgan fingerprint density at radius 2 is 1.91 bits per heavy atom. The van der Waals surface area contributed by atoms with E-state index in [1.54, 1.807) is 54.9 Å². The van der Waals surface area contributed by atoms with E-state index in [9.17, 15) is 9.59 Å². The van der Waals surface area contributed by atoms with Gasteiger partial charge in [0.15, 0.2) is 5.75 Å². The zero-order valence-corrected chi connectivity index (χ0v) is 19.3. The Labute approximate surface area is 200 Å². The topological polar surface area (TPSA) is 96.5 Å². The number of pyridine rings is 1. The molecule has 3 heterocycles. The van der Waals surface area contributed by atoms with Gasteiger partial charge in [0.1, 0.15) is 16.6 Å². The molecule has 2 N–H and O–H groups in total. The summed E-state index contributed by atoms with van der Waals surface area (Å²) in [6.07, 6.45) is 3.54. The van der Waals surface area contributed by atoms with E-state index < -0.39 is 0 Å². The van der Waals surface area contributed by atoms with Gasteiger partial charge in [-0.3, -0.25) is 9.59 Å². The average molecular weight is 472 g/mol. The molecule has 0 atom stereocenters. The maximum absolute atomic E-state index is 12.8. The number of carbonyl (C=O) groups excluding carboxylic acids is 2. The van der Waals surface area contributed by atoms with Crippen LogP contribution in [-0.4, -0.2) is 35.9 Å². The van der Waals surface area contributed by atoms with Crippen molar-refractivity contribution in [3.63, 3.8) is 0 Å². The van der Waals surface area contributed by atoms with Gasteiger partial charge in [-0.2, -0.15) is 0 Å². The number of ether oxygens (including phenoxy) is 1. The van der Waals surface area contributed by atoms with Crippen molar-refractivity contribution in [2.24, 2.45) is 0 Å². The molecule has 34 heavy (non-hydrogen) atoms. The molecule has 1 aliphatic rings. The third-order valence-corrected chi connectivity index (χ3v) is 6.32. The number of carbonyl (C=O) groups is 2. The predicted molar refractivity (Wildman–Crippen MR) is 132 cm³/mol. The van der Waals surface area contributed by atoms with Crippen LogP contribution in [0, 0.1) is 0 Å². The molecular weight excluding hydrogens is 450 g/mol. The SMILES string of the molecule is CN(C)c1ccc(-c2ncc(CNC(=O)c3ccc4c(c3)NC(=O)c3ccccc3O4)s2)cn1. The molecule has 2 amide bonds. The highest BCUT2D eigenvalue weighted by atomic mass is 32.1. The fourth-order valence-corrected chi connectivity index (χ4v) is 4.32. The standard InChI is InChI=1S/C25H21N5O3S/c1-30(2)22-10-8-16(12-26-22)25-28-14-17(34-25)13-27-23(31)15-7-9-21-19(11-15)29-24(32)18-5-3-4-6-20(18)33-21/h3-12,14H,13H2,1-2H3,(H,27,31)(H,29,32). The molecule has 2 aromatic carbocycles. The van der Waals surface area contributed by atoms with Crippen molar-refractivity contribution in [3.05, 3.63) is 83.0 Å². The quantitative estimate of drug-likeness (QED) is 0.443. The first-order valence-electron chi connectivity index (χ1n) is 10.6. The molecular formula is C25H21N5O3S. The Hall–Kier alpha value is -4.24. The number of anilines is 2. The Morgan fingerprint density at radius 3 is 2.71 bits per heavy atom. The lowest BCUT2D eigenvalue weighted by Gasteiger charge is -2.10. The number of aromatic nitrogens is 2. The summed E-state index contributed by atoms with van der Waals surface area (Å²) in [5, 5.41) is 6.57. The molecule has 0 saturated carbocycles. The molecule has 0 saturated heterocycles. The number of rotatable bonds is 5. The summed E-state index contributed by atoms with van der Waals surface area (Å²) in [5.41, 5.74) is 2.23. The largest absolute Gasteiger partial charge is 0.454 e. The predicted octanol–water partition coefficient (Wildman–Crippen LogP) is 4.56. The number of amides is 2. The van der Waals surface area contributed by atoms with Crippen LogP contribution in [0.25, 0.3) is 10.6 Å². The van der Waals surface area contributed by atoms with Gasteiger partial charge in [-0.1, -0.05) is 12.1 Å². The van der Waals surface area contributed by atoms with Crippen molar-refractivity contribution in [1.29, 1.82) is 0 Å². The summed E-state index contributed by atoms with van der Waals surface area (Å²) in [4.78, 5) is 37.0. The third kappa shape index (κ3) is 4.33. The van der Waals surface area contributed by atoms with E-state index in [0.717, 1.165) is 21.3 Å². The van der Waals surface area contributed by atoms with Gasteiger partial charge >= 0.3 is 0 Å². The van der Waals surface area contributed by atoms with Gasteiger partial charge in [0.2, 0.25) is 0 Å². The lowest BCUT2D eigenvalue weighted by molar-refractivity contribution is 0.0950. The highest BCUT2D eigenvalue weighted by Gasteiger charge is 2.21. The van der Waals surface area contributed by atoms with Gasteiger partial charge in [-0.15, -0.1) is 11.3 Å². The second kappa shape index (κ2) is 8.95. The Morgan fingerprint density at radius 1 is 1.06 bits per heavy atom. The summed E-state index contributed by atoms with van der Waals surface area (Å²) in [5.74, 6) is 1.29. The number of fused-ring (bicyclic) bond motifs is 2. The monoisotopic (exact) mass is 471 g/mol. The van der Waals surface area contributed by atoms with E-state index >= 15 is 0 Å². The fourth-order valence-electron chi connectivity index (χ4n) is 3.48. The van der Waals surface area contributed by atoms with Gasteiger partial charge in [0.05, 0.1) is 17.8 Å². The minimum atomic E-state index is -0.280. The van der Waals surface area contributed by atoms with Crippen LogP contribution >= 0.6 is 11.3 Å². The number of nitrogens with zero attached hydrogens (tertiary/aromatic N) is 3. The zero-order valence-electron chi connectivity index (χ0n) is 18.5. The smallest absolute Gasteiger partial charge is 0.259 e. The molecule has 170 valence electrons. The summed E-state index contributed by atoms with van der Waals surface area (Å²) < 4.78 is 5.87. The van der Waals surface area contributed by atoms with Crippen LogP contribution in [0.5, 0.6) is 11.5 Å². The van der Waals surface area contributed by atoms with E-state index in [-0.39, 0.29) is 11.8 Å². The molecule has 8 nitrogen and oxygen atoms in total. The Bertz CT molecular complexity index is 1380. The number of hydrogen-bond acceptors (Lipinski definition) is 7. The van der Waals surface area contributed by atoms with Gasteiger partial charge in [0, 0.05) is 42.5 Å². The first-order valence-corrected chi connectivity index (χ1v) is 11.4. The van der Waals surface area contributed by atoms with E-state index in [4.69, 9.17) is 4.74 Å².